The maximum atomic E-state index is 11.5. The van der Waals surface area contributed by atoms with Crippen molar-refractivity contribution < 1.29 is 19.8 Å². The van der Waals surface area contributed by atoms with Crippen molar-refractivity contribution in [3.05, 3.63) is 35.9 Å². The lowest BCUT2D eigenvalue weighted by atomic mass is 10.2. The molecule has 1 rings (SSSR count). The van der Waals surface area contributed by atoms with Gasteiger partial charge in [-0.1, -0.05) is 28.5 Å². The van der Waals surface area contributed by atoms with Crippen molar-refractivity contribution in [1.82, 2.24) is 0 Å². The molecular formula is C11H16NO3+2. The number of carbonyl (C=O) groups is 1. The summed E-state index contributed by atoms with van der Waals surface area (Å²) in [6.45, 7) is 2.46. The number of benzene rings is 1. The van der Waals surface area contributed by atoms with Crippen molar-refractivity contribution in [2.75, 3.05) is 13.7 Å². The summed E-state index contributed by atoms with van der Waals surface area (Å²) < 4.78 is 4.92. The zero-order chi connectivity index (χ0) is 11.1. The number of hydroxylamine groups is 1. The second kappa shape index (κ2) is 6.16. The molecule has 0 saturated carbocycles. The van der Waals surface area contributed by atoms with Gasteiger partial charge in [-0.05, 0) is 19.1 Å². The van der Waals surface area contributed by atoms with Crippen LogP contribution in [0.15, 0.2) is 30.3 Å². The van der Waals surface area contributed by atoms with E-state index in [1.54, 1.807) is 31.4 Å². The molecule has 1 radical (unpaired) electrons. The smallest absolute Gasteiger partial charge is 0.378 e. The molecule has 15 heavy (non-hydrogen) atoms. The highest BCUT2D eigenvalue weighted by atomic mass is 16.7. The lowest BCUT2D eigenvalue weighted by Crippen LogP contribution is -2.90. The van der Waals surface area contributed by atoms with Gasteiger partial charge in [0.25, 0.3) is 0 Å². The third-order valence-corrected chi connectivity index (χ3v) is 1.85. The quantitative estimate of drug-likeness (QED) is 0.564. The molecular weight excluding hydrogens is 194 g/mol. The lowest BCUT2D eigenvalue weighted by Gasteiger charge is -2.00. The molecule has 0 aliphatic carbocycles. The van der Waals surface area contributed by atoms with Gasteiger partial charge in [-0.25, -0.2) is 0 Å². The summed E-state index contributed by atoms with van der Waals surface area (Å²) in [5, 5.41) is 0. The van der Waals surface area contributed by atoms with E-state index in [4.69, 9.17) is 9.57 Å². The van der Waals surface area contributed by atoms with Crippen LogP contribution in [-0.4, -0.2) is 25.7 Å². The normalized spacial score (nSPS) is 12.1. The largest absolute Gasteiger partial charge is 0.669 e. The van der Waals surface area contributed by atoms with Crippen molar-refractivity contribution in [2.45, 2.75) is 13.0 Å². The summed E-state index contributed by atoms with van der Waals surface area (Å²) in [6.07, 6.45) is 0. The highest BCUT2D eigenvalue weighted by Crippen LogP contribution is 1.98. The Morgan fingerprint density at radius 3 is 2.67 bits per heavy atom. The van der Waals surface area contributed by atoms with E-state index in [1.165, 1.54) is 5.48 Å². The first-order valence-electron chi connectivity index (χ1n) is 4.82. The Balaban J connectivity index is 2.37. The fourth-order valence-corrected chi connectivity index (χ4v) is 1.12. The van der Waals surface area contributed by atoms with E-state index in [2.05, 4.69) is 0 Å². The average Bonchev–Trinajstić information content (AvgIpc) is 2.27. The number of ether oxygens (including phenoxy) is 1. The number of hydrogen-bond acceptors (Lipinski definition) is 3. The third-order valence-electron chi connectivity index (χ3n) is 1.85. The Kier molecular flexibility index (Phi) is 4.80. The maximum absolute atomic E-state index is 11.5. The van der Waals surface area contributed by atoms with Crippen LogP contribution in [0.2, 0.25) is 0 Å². The minimum atomic E-state index is -0.335. The molecule has 0 aromatic heterocycles. The van der Waals surface area contributed by atoms with Crippen molar-refractivity contribution in [3.8, 4) is 0 Å². The number of methoxy groups -OCH3 is 1. The van der Waals surface area contributed by atoms with Gasteiger partial charge in [-0.3, -0.25) is 0 Å². The fourth-order valence-electron chi connectivity index (χ4n) is 1.12. The summed E-state index contributed by atoms with van der Waals surface area (Å²) in [6, 6.07) is 9.00. The van der Waals surface area contributed by atoms with Gasteiger partial charge in [-0.15, -0.1) is 0 Å². The van der Waals surface area contributed by atoms with Crippen LogP contribution in [0.4, 0.5) is 0 Å². The predicted molar refractivity (Wildman–Crippen MR) is 55.1 cm³/mol. The standard InChI is InChI=1S/C11H15NO3/c1-9(8-14-2)12-15-11(13)10-6-4-3-5-7-10/h3-7,9,12H,8H2,1-2H3/q+1/p+1. The number of hydrogen-bond donors (Lipinski definition) is 1. The second-order valence-corrected chi connectivity index (χ2v) is 3.34. The van der Waals surface area contributed by atoms with E-state index in [9.17, 15) is 4.79 Å². The molecule has 0 saturated heterocycles. The van der Waals surface area contributed by atoms with Gasteiger partial charge < -0.3 is 4.74 Å². The zero-order valence-electron chi connectivity index (χ0n) is 8.97. The van der Waals surface area contributed by atoms with Gasteiger partial charge >= 0.3 is 5.97 Å². The average molecular weight is 210 g/mol. The monoisotopic (exact) mass is 210 g/mol. The van der Waals surface area contributed by atoms with Gasteiger partial charge in [0.2, 0.25) is 0 Å². The molecule has 4 heteroatoms. The Bertz CT molecular complexity index is 300. The Morgan fingerprint density at radius 1 is 1.40 bits per heavy atom. The van der Waals surface area contributed by atoms with Gasteiger partial charge in [0.15, 0.2) is 6.04 Å². The molecule has 4 nitrogen and oxygen atoms in total. The lowest BCUT2D eigenvalue weighted by molar-refractivity contribution is -0.893. The van der Waals surface area contributed by atoms with E-state index in [0.29, 0.717) is 12.2 Å². The van der Waals surface area contributed by atoms with E-state index in [1.807, 2.05) is 13.0 Å². The summed E-state index contributed by atoms with van der Waals surface area (Å²) >= 11 is 0. The number of rotatable bonds is 5. The predicted octanol–water partition coefficient (Wildman–Crippen LogP) is 0.357. The van der Waals surface area contributed by atoms with Crippen LogP contribution in [0, 0.1) is 0 Å². The Morgan fingerprint density at radius 2 is 2.07 bits per heavy atom. The van der Waals surface area contributed by atoms with E-state index in [0.717, 1.165) is 0 Å². The third kappa shape index (κ3) is 4.10. The van der Waals surface area contributed by atoms with Crippen LogP contribution in [0.5, 0.6) is 0 Å². The summed E-state index contributed by atoms with van der Waals surface area (Å²) in [7, 11) is 1.61. The van der Waals surface area contributed by atoms with Gasteiger partial charge in [0, 0.05) is 7.11 Å². The topological polar surface area (TPSA) is 55.0 Å². The summed E-state index contributed by atoms with van der Waals surface area (Å²) in [5.74, 6) is -0.335. The molecule has 0 heterocycles. The molecule has 1 aromatic rings. The molecule has 1 unspecified atom stereocenters. The second-order valence-electron chi connectivity index (χ2n) is 3.34. The number of quaternary nitrogens is 1. The van der Waals surface area contributed by atoms with Crippen molar-refractivity contribution in [1.29, 1.82) is 0 Å². The van der Waals surface area contributed by atoms with Crippen molar-refractivity contribution >= 4 is 5.97 Å². The first-order valence-corrected chi connectivity index (χ1v) is 4.82. The van der Waals surface area contributed by atoms with Crippen LogP contribution < -0.4 is 5.48 Å². The molecule has 1 aromatic carbocycles. The Hall–Kier alpha value is -1.39. The first-order chi connectivity index (χ1) is 7.24. The molecule has 0 spiro atoms. The minimum Gasteiger partial charge on any atom is -0.378 e. The van der Waals surface area contributed by atoms with Crippen LogP contribution in [-0.2, 0) is 9.57 Å². The fraction of sp³-hybridized carbons (Fsp3) is 0.364. The SMILES string of the molecule is COCC(C)[NH2+]OC(=[O+])c1ccccc1. The minimum absolute atomic E-state index is 0.0997. The molecule has 81 valence electrons. The molecule has 2 N–H and O–H groups in total. The summed E-state index contributed by atoms with van der Waals surface area (Å²) in [4.78, 5) is 16.5. The highest BCUT2D eigenvalue weighted by molar-refractivity contribution is 5.88. The summed E-state index contributed by atoms with van der Waals surface area (Å²) in [5.41, 5.74) is 2.05. The van der Waals surface area contributed by atoms with Crippen molar-refractivity contribution in [2.24, 2.45) is 0 Å². The molecule has 0 aliphatic rings. The van der Waals surface area contributed by atoms with E-state index in [-0.39, 0.29) is 12.0 Å². The van der Waals surface area contributed by atoms with Gasteiger partial charge in [-0.2, -0.15) is 0 Å². The van der Waals surface area contributed by atoms with Crippen molar-refractivity contribution in [3.63, 3.8) is 0 Å². The number of nitrogens with two attached hydrogens (primary N) is 1. The highest BCUT2D eigenvalue weighted by Gasteiger charge is 2.25. The van der Waals surface area contributed by atoms with Crippen LogP contribution >= 0.6 is 0 Å². The molecule has 0 bridgehead atoms. The van der Waals surface area contributed by atoms with Crippen LogP contribution in [0.1, 0.15) is 17.3 Å². The van der Waals surface area contributed by atoms with Crippen LogP contribution in [0.25, 0.3) is 0 Å². The Labute approximate surface area is 89.1 Å². The van der Waals surface area contributed by atoms with E-state index < -0.39 is 0 Å². The molecule has 0 amide bonds. The van der Waals surface area contributed by atoms with Gasteiger partial charge in [0.05, 0.1) is 4.79 Å². The van der Waals surface area contributed by atoms with Crippen LogP contribution in [0.3, 0.4) is 0 Å². The molecule has 0 aliphatic heterocycles. The van der Waals surface area contributed by atoms with Gasteiger partial charge in [0.1, 0.15) is 12.2 Å². The van der Waals surface area contributed by atoms with E-state index >= 15 is 0 Å². The zero-order valence-corrected chi connectivity index (χ0v) is 8.97. The first kappa shape index (κ1) is 11.7. The maximum Gasteiger partial charge on any atom is 0.669 e. The molecule has 0 fully saturated rings. The molecule has 1 atom stereocenters. The number of carbonyl (C=O) groups excluding carboxylic acids is 1.